The van der Waals surface area contributed by atoms with Gasteiger partial charge in [0.25, 0.3) is 5.91 Å². The smallest absolute Gasteiger partial charge is 0.272 e. The maximum atomic E-state index is 12.4. The van der Waals surface area contributed by atoms with Crippen LogP contribution in [0.1, 0.15) is 35.8 Å². The first-order valence-corrected chi connectivity index (χ1v) is 8.26. The molecule has 0 aromatic carbocycles. The second-order valence-corrected chi connectivity index (χ2v) is 6.27. The molecule has 0 spiro atoms. The number of aromatic nitrogens is 1. The standard InChI is InChI=1S/C16H20N2O2S/c1-2-14-12-18(8-10-21-14)16(20)15-7-6-13(11-17-15)5-3-4-9-19/h6-7,11,14,19H,2,4,8-10,12H2,1H3. The van der Waals surface area contributed by atoms with Gasteiger partial charge in [-0.25, -0.2) is 4.98 Å². The van der Waals surface area contributed by atoms with Crippen LogP contribution in [0.2, 0.25) is 0 Å². The number of nitrogens with zero attached hydrogens (tertiary/aromatic N) is 2. The minimum Gasteiger partial charge on any atom is -0.395 e. The van der Waals surface area contributed by atoms with Crippen molar-refractivity contribution >= 4 is 17.7 Å². The summed E-state index contributed by atoms with van der Waals surface area (Å²) < 4.78 is 0. The van der Waals surface area contributed by atoms with Gasteiger partial charge in [-0.3, -0.25) is 4.79 Å². The summed E-state index contributed by atoms with van der Waals surface area (Å²) >= 11 is 1.94. The molecule has 1 saturated heterocycles. The highest BCUT2D eigenvalue weighted by atomic mass is 32.2. The average molecular weight is 304 g/mol. The molecule has 1 N–H and O–H groups in total. The van der Waals surface area contributed by atoms with E-state index in [4.69, 9.17) is 5.11 Å². The number of aliphatic hydroxyl groups excluding tert-OH is 1. The Morgan fingerprint density at radius 1 is 1.57 bits per heavy atom. The van der Waals surface area contributed by atoms with E-state index in [1.807, 2.05) is 16.7 Å². The van der Waals surface area contributed by atoms with Crippen LogP contribution in [0.25, 0.3) is 0 Å². The summed E-state index contributed by atoms with van der Waals surface area (Å²) in [5.74, 6) is 6.74. The Bertz CT molecular complexity index is 533. The largest absolute Gasteiger partial charge is 0.395 e. The fourth-order valence-corrected chi connectivity index (χ4v) is 3.31. The molecule has 2 heterocycles. The summed E-state index contributed by atoms with van der Waals surface area (Å²) in [5.41, 5.74) is 1.24. The van der Waals surface area contributed by atoms with Gasteiger partial charge in [0.1, 0.15) is 5.69 Å². The van der Waals surface area contributed by atoms with E-state index >= 15 is 0 Å². The highest BCUT2D eigenvalue weighted by Crippen LogP contribution is 2.22. The predicted octanol–water partition coefficient (Wildman–Crippen LogP) is 1.78. The fourth-order valence-electron chi connectivity index (χ4n) is 2.13. The lowest BCUT2D eigenvalue weighted by atomic mass is 10.2. The molecule has 1 aromatic rings. The van der Waals surface area contributed by atoms with Gasteiger partial charge in [-0.15, -0.1) is 0 Å². The lowest BCUT2D eigenvalue weighted by Gasteiger charge is -2.31. The van der Waals surface area contributed by atoms with Crippen LogP contribution in [0.3, 0.4) is 0 Å². The number of thioether (sulfide) groups is 1. The summed E-state index contributed by atoms with van der Waals surface area (Å²) in [6.07, 6.45) is 3.15. The Balaban J connectivity index is 2.01. The molecule has 1 aromatic heterocycles. The molecule has 1 atom stereocenters. The van der Waals surface area contributed by atoms with E-state index in [1.54, 1.807) is 18.3 Å². The van der Waals surface area contributed by atoms with Crippen LogP contribution in [0.15, 0.2) is 18.3 Å². The van der Waals surface area contributed by atoms with Crippen molar-refractivity contribution in [1.82, 2.24) is 9.88 Å². The van der Waals surface area contributed by atoms with Crippen molar-refractivity contribution in [3.05, 3.63) is 29.6 Å². The summed E-state index contributed by atoms with van der Waals surface area (Å²) in [6.45, 7) is 3.81. The maximum Gasteiger partial charge on any atom is 0.272 e. The molecular formula is C16H20N2O2S. The van der Waals surface area contributed by atoms with E-state index in [0.717, 1.165) is 30.8 Å². The Hall–Kier alpha value is -1.51. The Morgan fingerprint density at radius 2 is 2.43 bits per heavy atom. The summed E-state index contributed by atoms with van der Waals surface area (Å²) in [5, 5.41) is 9.21. The SMILES string of the molecule is CCC1CN(C(=O)c2ccc(C#CCCO)cn2)CCS1. The maximum absolute atomic E-state index is 12.4. The van der Waals surface area contributed by atoms with Gasteiger partial charge < -0.3 is 10.0 Å². The molecule has 0 radical (unpaired) electrons. The minimum absolute atomic E-state index is 0.00335. The number of carbonyl (C=O) groups is 1. The zero-order chi connectivity index (χ0) is 15.1. The molecule has 1 aliphatic rings. The van der Waals surface area contributed by atoms with E-state index in [2.05, 4.69) is 23.7 Å². The van der Waals surface area contributed by atoms with Crippen LogP contribution < -0.4 is 0 Å². The van der Waals surface area contributed by atoms with Gasteiger partial charge in [-0.1, -0.05) is 18.8 Å². The Kier molecular flexibility index (Phi) is 6.09. The van der Waals surface area contributed by atoms with Crippen LogP contribution in [-0.4, -0.2) is 51.6 Å². The van der Waals surface area contributed by atoms with Crippen molar-refractivity contribution in [2.45, 2.75) is 25.0 Å². The van der Waals surface area contributed by atoms with Crippen LogP contribution in [0.4, 0.5) is 0 Å². The van der Waals surface area contributed by atoms with E-state index < -0.39 is 0 Å². The van der Waals surface area contributed by atoms with Gasteiger partial charge in [0.2, 0.25) is 0 Å². The van der Waals surface area contributed by atoms with Crippen molar-refractivity contribution < 1.29 is 9.90 Å². The Labute approximate surface area is 129 Å². The third-order valence-corrected chi connectivity index (χ3v) is 4.71. The third-order valence-electron chi connectivity index (χ3n) is 3.33. The average Bonchev–Trinajstić information content (AvgIpc) is 2.55. The second kappa shape index (κ2) is 8.06. The molecule has 1 fully saturated rings. The van der Waals surface area contributed by atoms with E-state index in [0.29, 0.717) is 17.4 Å². The highest BCUT2D eigenvalue weighted by Gasteiger charge is 2.24. The molecule has 1 unspecified atom stereocenters. The number of aliphatic hydroxyl groups is 1. The molecule has 1 aliphatic heterocycles. The molecule has 0 bridgehead atoms. The summed E-state index contributed by atoms with van der Waals surface area (Å²) in [4.78, 5) is 18.5. The molecule has 0 saturated carbocycles. The van der Waals surface area contributed by atoms with Gasteiger partial charge in [0.05, 0.1) is 6.61 Å². The number of hydrogen-bond donors (Lipinski definition) is 1. The molecule has 112 valence electrons. The zero-order valence-corrected chi connectivity index (χ0v) is 13.0. The van der Waals surface area contributed by atoms with Crippen LogP contribution in [-0.2, 0) is 0 Å². The molecule has 5 heteroatoms. The summed E-state index contributed by atoms with van der Waals surface area (Å²) in [6, 6.07) is 3.54. The molecule has 21 heavy (non-hydrogen) atoms. The molecule has 2 rings (SSSR count). The first-order valence-electron chi connectivity index (χ1n) is 7.21. The number of hydrogen-bond acceptors (Lipinski definition) is 4. The Morgan fingerprint density at radius 3 is 3.10 bits per heavy atom. The van der Waals surface area contributed by atoms with Gasteiger partial charge in [0, 0.05) is 42.3 Å². The number of pyridine rings is 1. The third kappa shape index (κ3) is 4.48. The number of amides is 1. The van der Waals surface area contributed by atoms with Crippen molar-refractivity contribution in [1.29, 1.82) is 0 Å². The lowest BCUT2D eigenvalue weighted by Crippen LogP contribution is -2.42. The highest BCUT2D eigenvalue weighted by molar-refractivity contribution is 8.00. The van der Waals surface area contributed by atoms with Crippen molar-refractivity contribution in [2.75, 3.05) is 25.4 Å². The van der Waals surface area contributed by atoms with E-state index in [-0.39, 0.29) is 12.5 Å². The predicted molar refractivity (Wildman–Crippen MR) is 85.3 cm³/mol. The molecular weight excluding hydrogens is 284 g/mol. The summed E-state index contributed by atoms with van der Waals surface area (Å²) in [7, 11) is 0. The van der Waals surface area contributed by atoms with Crippen LogP contribution >= 0.6 is 11.8 Å². The van der Waals surface area contributed by atoms with Crippen LogP contribution in [0, 0.1) is 11.8 Å². The van der Waals surface area contributed by atoms with E-state index in [9.17, 15) is 4.79 Å². The molecule has 4 nitrogen and oxygen atoms in total. The first kappa shape index (κ1) is 15.9. The monoisotopic (exact) mass is 304 g/mol. The van der Waals surface area contributed by atoms with Crippen molar-refractivity contribution in [2.24, 2.45) is 0 Å². The molecule has 0 aliphatic carbocycles. The van der Waals surface area contributed by atoms with Gasteiger partial charge >= 0.3 is 0 Å². The normalized spacial score (nSPS) is 18.0. The van der Waals surface area contributed by atoms with Crippen molar-refractivity contribution in [3.8, 4) is 11.8 Å². The first-order chi connectivity index (χ1) is 10.2. The topological polar surface area (TPSA) is 53.4 Å². The second-order valence-electron chi connectivity index (χ2n) is 4.86. The van der Waals surface area contributed by atoms with E-state index in [1.165, 1.54) is 0 Å². The van der Waals surface area contributed by atoms with Crippen LogP contribution in [0.5, 0.6) is 0 Å². The number of rotatable bonds is 3. The fraction of sp³-hybridized carbons (Fsp3) is 0.500. The van der Waals surface area contributed by atoms with Crippen molar-refractivity contribution in [3.63, 3.8) is 0 Å². The quantitative estimate of drug-likeness (QED) is 0.865. The number of carbonyl (C=O) groups excluding carboxylic acids is 1. The van der Waals surface area contributed by atoms with Gasteiger partial charge in [0.15, 0.2) is 0 Å². The van der Waals surface area contributed by atoms with Gasteiger partial charge in [-0.05, 0) is 18.6 Å². The zero-order valence-electron chi connectivity index (χ0n) is 12.2. The lowest BCUT2D eigenvalue weighted by molar-refractivity contribution is 0.0755. The molecule has 1 amide bonds. The minimum atomic E-state index is 0.00335. The van der Waals surface area contributed by atoms with Gasteiger partial charge in [-0.2, -0.15) is 11.8 Å².